The molecule has 0 saturated heterocycles. The number of aliphatic hydroxyl groups is 1. The van der Waals surface area contributed by atoms with Crippen molar-refractivity contribution in [2.45, 2.75) is 25.0 Å². The first-order valence-electron chi connectivity index (χ1n) is 5.78. The molecule has 0 unspecified atom stereocenters. The van der Waals surface area contributed by atoms with Crippen molar-refractivity contribution >= 4 is 16.8 Å². The number of amides is 1. The molecule has 88 valence electrons. The average Bonchev–Trinajstić information content (AvgIpc) is 2.73. The Morgan fingerprint density at radius 2 is 2.18 bits per heavy atom. The molecule has 17 heavy (non-hydrogen) atoms. The molecular weight excluding hydrogens is 216 g/mol. The lowest BCUT2D eigenvalue weighted by Crippen LogP contribution is -2.46. The molecule has 4 heteroatoms. The van der Waals surface area contributed by atoms with E-state index >= 15 is 0 Å². The molecule has 0 aliphatic heterocycles. The molecule has 1 aromatic heterocycles. The number of hydrogen-bond acceptors (Lipinski definition) is 2. The van der Waals surface area contributed by atoms with E-state index in [0.29, 0.717) is 18.4 Å². The summed E-state index contributed by atoms with van der Waals surface area (Å²) in [5.74, 6) is -0.0709. The van der Waals surface area contributed by atoms with Crippen LogP contribution in [0.1, 0.15) is 23.2 Å². The van der Waals surface area contributed by atoms with Gasteiger partial charge in [-0.15, -0.1) is 0 Å². The van der Waals surface area contributed by atoms with Gasteiger partial charge in [-0.05, 0) is 36.4 Å². The molecule has 3 N–H and O–H groups in total. The molecule has 0 atom stereocenters. The summed E-state index contributed by atoms with van der Waals surface area (Å²) in [7, 11) is 0. The predicted molar refractivity (Wildman–Crippen MR) is 64.8 cm³/mol. The summed E-state index contributed by atoms with van der Waals surface area (Å²) in [6.07, 6.45) is 2.94. The minimum Gasteiger partial charge on any atom is -0.393 e. The maximum Gasteiger partial charge on any atom is 0.251 e. The van der Waals surface area contributed by atoms with Crippen LogP contribution >= 0.6 is 0 Å². The van der Waals surface area contributed by atoms with E-state index in [9.17, 15) is 4.79 Å². The lowest BCUT2D eigenvalue weighted by atomic mass is 9.89. The van der Waals surface area contributed by atoms with Gasteiger partial charge in [-0.1, -0.05) is 6.07 Å². The van der Waals surface area contributed by atoms with Crippen molar-refractivity contribution in [3.8, 4) is 0 Å². The highest BCUT2D eigenvalue weighted by Gasteiger charge is 2.28. The van der Waals surface area contributed by atoms with Gasteiger partial charge in [-0.2, -0.15) is 0 Å². The van der Waals surface area contributed by atoms with Crippen LogP contribution in [0.4, 0.5) is 0 Å². The third-order valence-electron chi connectivity index (χ3n) is 3.27. The molecule has 1 fully saturated rings. The minimum atomic E-state index is -0.244. The Labute approximate surface area is 98.6 Å². The summed E-state index contributed by atoms with van der Waals surface area (Å²) >= 11 is 0. The number of aliphatic hydroxyl groups excluding tert-OH is 1. The molecule has 1 aromatic carbocycles. The summed E-state index contributed by atoms with van der Waals surface area (Å²) in [6.45, 7) is 0. The third kappa shape index (κ3) is 1.91. The standard InChI is InChI=1S/C13H14N2O2/c16-11-6-10(7-11)15-13(17)9-2-1-8-3-4-14-12(8)5-9/h1-5,10-11,14,16H,6-7H2,(H,15,17). The fourth-order valence-electron chi connectivity index (χ4n) is 2.16. The molecule has 2 aromatic rings. The zero-order chi connectivity index (χ0) is 11.8. The first-order chi connectivity index (χ1) is 8.22. The predicted octanol–water partition coefficient (Wildman–Crippen LogP) is 1.42. The molecular formula is C13H14N2O2. The number of aromatic nitrogens is 1. The molecule has 1 amide bonds. The van der Waals surface area contributed by atoms with Gasteiger partial charge < -0.3 is 15.4 Å². The van der Waals surface area contributed by atoms with E-state index < -0.39 is 0 Å². The van der Waals surface area contributed by atoms with Crippen molar-refractivity contribution in [2.75, 3.05) is 0 Å². The molecule has 1 heterocycles. The highest BCUT2D eigenvalue weighted by molar-refractivity contribution is 5.98. The summed E-state index contributed by atoms with van der Waals surface area (Å²) in [4.78, 5) is 15.0. The van der Waals surface area contributed by atoms with Gasteiger partial charge in [0.05, 0.1) is 6.10 Å². The summed E-state index contributed by atoms with van der Waals surface area (Å²) in [6, 6.07) is 7.69. The quantitative estimate of drug-likeness (QED) is 0.730. The summed E-state index contributed by atoms with van der Waals surface area (Å²) in [5, 5.41) is 13.2. The zero-order valence-electron chi connectivity index (χ0n) is 9.31. The Balaban J connectivity index is 1.76. The van der Waals surface area contributed by atoms with Crippen molar-refractivity contribution in [2.24, 2.45) is 0 Å². The van der Waals surface area contributed by atoms with E-state index in [0.717, 1.165) is 10.9 Å². The Morgan fingerprint density at radius 3 is 2.94 bits per heavy atom. The van der Waals surface area contributed by atoms with Crippen LogP contribution in [0.5, 0.6) is 0 Å². The fraction of sp³-hybridized carbons (Fsp3) is 0.308. The largest absolute Gasteiger partial charge is 0.393 e. The molecule has 1 aliphatic carbocycles. The first kappa shape index (κ1) is 10.4. The number of aromatic amines is 1. The lowest BCUT2D eigenvalue weighted by Gasteiger charge is -2.31. The van der Waals surface area contributed by atoms with Crippen molar-refractivity contribution in [1.29, 1.82) is 0 Å². The number of nitrogens with one attached hydrogen (secondary N) is 2. The van der Waals surface area contributed by atoms with Crippen LogP contribution in [0.25, 0.3) is 10.9 Å². The highest BCUT2D eigenvalue weighted by Crippen LogP contribution is 2.20. The molecule has 0 bridgehead atoms. The van der Waals surface area contributed by atoms with Crippen molar-refractivity contribution in [1.82, 2.24) is 10.3 Å². The summed E-state index contributed by atoms with van der Waals surface area (Å²) < 4.78 is 0. The Kier molecular flexibility index (Phi) is 2.37. The van der Waals surface area contributed by atoms with Gasteiger partial charge in [0, 0.05) is 23.3 Å². The van der Waals surface area contributed by atoms with Crippen LogP contribution in [-0.4, -0.2) is 28.1 Å². The summed E-state index contributed by atoms with van der Waals surface area (Å²) in [5.41, 5.74) is 1.62. The number of hydrogen-bond donors (Lipinski definition) is 3. The van der Waals surface area contributed by atoms with E-state index in [2.05, 4.69) is 10.3 Å². The van der Waals surface area contributed by atoms with Gasteiger partial charge in [-0.3, -0.25) is 4.79 Å². The second-order valence-corrected chi connectivity index (χ2v) is 4.58. The molecule has 4 nitrogen and oxygen atoms in total. The van der Waals surface area contributed by atoms with Gasteiger partial charge in [0.15, 0.2) is 0 Å². The maximum absolute atomic E-state index is 11.9. The average molecular weight is 230 g/mol. The van der Waals surface area contributed by atoms with Crippen molar-refractivity contribution < 1.29 is 9.90 Å². The van der Waals surface area contributed by atoms with Crippen LogP contribution in [0.2, 0.25) is 0 Å². The van der Waals surface area contributed by atoms with Crippen LogP contribution in [0.3, 0.4) is 0 Å². The molecule has 0 radical (unpaired) electrons. The SMILES string of the molecule is O=C(NC1CC(O)C1)c1ccc2cc[nH]c2c1. The second kappa shape index (κ2) is 3.89. The smallest absolute Gasteiger partial charge is 0.251 e. The van der Waals surface area contributed by atoms with Gasteiger partial charge in [0.25, 0.3) is 5.91 Å². The number of benzene rings is 1. The van der Waals surface area contributed by atoms with E-state index in [4.69, 9.17) is 5.11 Å². The number of carbonyl (C=O) groups excluding carboxylic acids is 1. The van der Waals surface area contributed by atoms with E-state index in [1.54, 1.807) is 0 Å². The Hall–Kier alpha value is -1.81. The van der Waals surface area contributed by atoms with Gasteiger partial charge in [0.1, 0.15) is 0 Å². The molecule has 1 saturated carbocycles. The third-order valence-corrected chi connectivity index (χ3v) is 3.27. The fourth-order valence-corrected chi connectivity index (χ4v) is 2.16. The van der Waals surface area contributed by atoms with Crippen LogP contribution in [0.15, 0.2) is 30.5 Å². The van der Waals surface area contributed by atoms with Gasteiger partial charge >= 0.3 is 0 Å². The molecule has 3 rings (SSSR count). The number of carbonyl (C=O) groups is 1. The second-order valence-electron chi connectivity index (χ2n) is 4.58. The molecule has 1 aliphatic rings. The maximum atomic E-state index is 11.9. The Bertz CT molecular complexity index is 555. The monoisotopic (exact) mass is 230 g/mol. The van der Waals surface area contributed by atoms with E-state index in [1.807, 2.05) is 30.5 Å². The topological polar surface area (TPSA) is 65.1 Å². The normalized spacial score (nSPS) is 23.4. The number of fused-ring (bicyclic) bond motifs is 1. The Morgan fingerprint density at radius 1 is 1.35 bits per heavy atom. The van der Waals surface area contributed by atoms with Crippen LogP contribution in [-0.2, 0) is 0 Å². The molecule has 0 spiro atoms. The van der Waals surface area contributed by atoms with Crippen LogP contribution < -0.4 is 5.32 Å². The first-order valence-corrected chi connectivity index (χ1v) is 5.78. The van der Waals surface area contributed by atoms with Gasteiger partial charge in [0.2, 0.25) is 0 Å². The van der Waals surface area contributed by atoms with Crippen molar-refractivity contribution in [3.05, 3.63) is 36.0 Å². The van der Waals surface area contributed by atoms with E-state index in [-0.39, 0.29) is 18.1 Å². The number of H-pyrrole nitrogens is 1. The van der Waals surface area contributed by atoms with Crippen molar-refractivity contribution in [3.63, 3.8) is 0 Å². The van der Waals surface area contributed by atoms with Crippen LogP contribution in [0, 0.1) is 0 Å². The highest BCUT2D eigenvalue weighted by atomic mass is 16.3. The van der Waals surface area contributed by atoms with Gasteiger partial charge in [-0.25, -0.2) is 0 Å². The number of rotatable bonds is 2. The minimum absolute atomic E-state index is 0.0709. The zero-order valence-corrected chi connectivity index (χ0v) is 9.31. The lowest BCUT2D eigenvalue weighted by molar-refractivity contribution is 0.0563. The van der Waals surface area contributed by atoms with E-state index in [1.165, 1.54) is 0 Å².